The number of allylic oxidation sites excluding steroid dienone is 8. The van der Waals surface area contributed by atoms with Crippen molar-refractivity contribution in [2.75, 3.05) is 47.5 Å². The first-order chi connectivity index (χ1) is 29.1. The van der Waals surface area contributed by atoms with Gasteiger partial charge in [0.25, 0.3) is 6.29 Å². The van der Waals surface area contributed by atoms with Crippen LogP contribution in [0.3, 0.4) is 0 Å². The maximum atomic E-state index is 12.8. The van der Waals surface area contributed by atoms with Crippen LogP contribution >= 0.6 is 0 Å². The average molecular weight is 847 g/mol. The maximum Gasteiger partial charge on any atom is 0.361 e. The molecule has 0 saturated heterocycles. The van der Waals surface area contributed by atoms with Gasteiger partial charge in [0.15, 0.2) is 6.10 Å². The van der Waals surface area contributed by atoms with Crippen LogP contribution in [0.4, 0.5) is 0 Å². The van der Waals surface area contributed by atoms with Gasteiger partial charge in [0, 0.05) is 12.8 Å². The predicted molar refractivity (Wildman–Crippen MR) is 249 cm³/mol. The van der Waals surface area contributed by atoms with Gasteiger partial charge in [0.05, 0.1) is 34.4 Å². The largest absolute Gasteiger partial charge is 0.477 e. The molecule has 348 valence electrons. The number of carboxylic acids is 1. The van der Waals surface area contributed by atoms with Crippen molar-refractivity contribution >= 4 is 17.9 Å². The highest BCUT2D eigenvalue weighted by atomic mass is 16.7. The van der Waals surface area contributed by atoms with E-state index < -0.39 is 24.3 Å². The third-order valence-corrected chi connectivity index (χ3v) is 10.3. The molecule has 0 saturated carbocycles. The highest BCUT2D eigenvalue weighted by Gasteiger charge is 2.25. The van der Waals surface area contributed by atoms with Crippen LogP contribution in [0.15, 0.2) is 48.6 Å². The third-order valence-electron chi connectivity index (χ3n) is 10.3. The molecule has 0 aromatic carbocycles. The van der Waals surface area contributed by atoms with Crippen LogP contribution in [-0.4, -0.2) is 87.4 Å². The van der Waals surface area contributed by atoms with Crippen LogP contribution in [0.1, 0.15) is 200 Å². The van der Waals surface area contributed by atoms with Crippen LogP contribution in [-0.2, 0) is 33.3 Å². The molecule has 2 unspecified atom stereocenters. The van der Waals surface area contributed by atoms with E-state index in [9.17, 15) is 19.5 Å². The van der Waals surface area contributed by atoms with Gasteiger partial charge >= 0.3 is 17.9 Å². The van der Waals surface area contributed by atoms with Crippen LogP contribution in [0.25, 0.3) is 0 Å². The molecule has 2 atom stereocenters. The van der Waals surface area contributed by atoms with E-state index in [1.807, 2.05) is 21.1 Å². The fraction of sp³-hybridized carbons (Fsp3) is 0.784. The number of hydrogen-bond donors (Lipinski definition) is 1. The zero-order valence-corrected chi connectivity index (χ0v) is 39.4. The molecule has 9 heteroatoms. The number of aliphatic carboxylic acids is 1. The zero-order chi connectivity index (χ0) is 44.2. The summed E-state index contributed by atoms with van der Waals surface area (Å²) >= 11 is 0. The summed E-state index contributed by atoms with van der Waals surface area (Å²) in [6.45, 7) is 4.81. The van der Waals surface area contributed by atoms with Crippen LogP contribution in [0.5, 0.6) is 0 Å². The number of esters is 2. The molecule has 0 radical (unpaired) electrons. The van der Waals surface area contributed by atoms with Crippen LogP contribution in [0, 0.1) is 0 Å². The standard InChI is InChI=1S/C51H91NO8/c1-6-8-10-12-14-16-18-20-22-24-25-26-28-30-32-34-36-38-40-42-49(54)60-47(46-59-51(50(55)56)57-44-43-52(3,4)5)45-58-48(53)41-39-37-35-33-31-29-27-23-21-19-17-15-13-11-9-7-2/h14,16-17,19-20,22-23,27,47,51H,6-13,15,18,21,24-26,28-46H2,1-5H3/p+1/b16-14-,19-17-,22-20-,27-23-. The molecule has 0 heterocycles. The van der Waals surface area contributed by atoms with Crippen molar-refractivity contribution in [3.8, 4) is 0 Å². The summed E-state index contributed by atoms with van der Waals surface area (Å²) in [5.41, 5.74) is 0. The van der Waals surface area contributed by atoms with Gasteiger partial charge in [-0.1, -0.05) is 159 Å². The molecule has 0 bridgehead atoms. The number of unbranched alkanes of at least 4 members (excludes halogenated alkanes) is 21. The Labute approximate surface area is 368 Å². The number of carbonyl (C=O) groups is 3. The average Bonchev–Trinajstić information content (AvgIpc) is 3.21. The summed E-state index contributed by atoms with van der Waals surface area (Å²) < 4.78 is 22.8. The second-order valence-corrected chi connectivity index (χ2v) is 17.4. The molecule has 0 aromatic heterocycles. The first-order valence-corrected chi connectivity index (χ1v) is 24.3. The predicted octanol–water partition coefficient (Wildman–Crippen LogP) is 13.2. The number of rotatable bonds is 44. The zero-order valence-electron chi connectivity index (χ0n) is 39.4. The summed E-state index contributed by atoms with van der Waals surface area (Å²) in [4.78, 5) is 37.2. The summed E-state index contributed by atoms with van der Waals surface area (Å²) in [6.07, 6.45) is 47.3. The lowest BCUT2D eigenvalue weighted by molar-refractivity contribution is -0.870. The Morgan fingerprint density at radius 2 is 0.900 bits per heavy atom. The van der Waals surface area contributed by atoms with E-state index in [4.69, 9.17) is 18.9 Å². The molecule has 0 aromatic rings. The lowest BCUT2D eigenvalue weighted by Crippen LogP contribution is -2.40. The number of likely N-dealkylation sites (N-methyl/N-ethyl adjacent to an activating group) is 1. The Kier molecular flexibility index (Phi) is 41.0. The topological polar surface area (TPSA) is 108 Å². The van der Waals surface area contributed by atoms with Gasteiger partial charge in [-0.2, -0.15) is 0 Å². The van der Waals surface area contributed by atoms with E-state index in [2.05, 4.69) is 62.5 Å². The summed E-state index contributed by atoms with van der Waals surface area (Å²) in [5, 5.41) is 9.65. The first kappa shape index (κ1) is 57.2. The maximum absolute atomic E-state index is 12.8. The Bertz CT molecular complexity index is 1120. The number of nitrogens with zero attached hydrogens (tertiary/aromatic N) is 1. The highest BCUT2D eigenvalue weighted by molar-refractivity contribution is 5.71. The van der Waals surface area contributed by atoms with Crippen molar-refractivity contribution in [1.29, 1.82) is 0 Å². The first-order valence-electron chi connectivity index (χ1n) is 24.3. The normalized spacial score (nSPS) is 13.3. The summed E-state index contributed by atoms with van der Waals surface area (Å²) in [6, 6.07) is 0. The van der Waals surface area contributed by atoms with Crippen molar-refractivity contribution in [1.82, 2.24) is 0 Å². The smallest absolute Gasteiger partial charge is 0.361 e. The van der Waals surface area contributed by atoms with Gasteiger partial charge in [-0.15, -0.1) is 0 Å². The van der Waals surface area contributed by atoms with Gasteiger partial charge in [-0.3, -0.25) is 9.59 Å². The monoisotopic (exact) mass is 847 g/mol. The molecule has 60 heavy (non-hydrogen) atoms. The molecule has 0 aliphatic heterocycles. The SMILES string of the molecule is CCCCC/C=C\C/C=C\CCCCCCCCCCCC(=O)OC(COC(=O)CCCCCCC/C=C\C/C=C\CCCCCC)COC(OCC[N+](C)(C)C)C(=O)O. The summed E-state index contributed by atoms with van der Waals surface area (Å²) in [5.74, 6) is -2.03. The molecule has 0 fully saturated rings. The minimum atomic E-state index is -1.51. The Hall–Kier alpha value is -2.75. The summed E-state index contributed by atoms with van der Waals surface area (Å²) in [7, 11) is 5.95. The van der Waals surface area contributed by atoms with Gasteiger partial charge < -0.3 is 28.5 Å². The molecule has 0 spiro atoms. The number of carboxylic acid groups (broad SMARTS) is 1. The lowest BCUT2D eigenvalue weighted by atomic mass is 10.1. The molecule has 0 rings (SSSR count). The molecule has 1 N–H and O–H groups in total. The number of ether oxygens (including phenoxy) is 4. The minimum absolute atomic E-state index is 0.183. The van der Waals surface area contributed by atoms with Crippen molar-refractivity contribution in [3.05, 3.63) is 48.6 Å². The Morgan fingerprint density at radius 3 is 1.35 bits per heavy atom. The molecular formula is C51H92NO8+. The van der Waals surface area contributed by atoms with Gasteiger partial charge in [-0.05, 0) is 77.0 Å². The van der Waals surface area contributed by atoms with Crippen molar-refractivity contribution in [2.45, 2.75) is 212 Å². The highest BCUT2D eigenvalue weighted by Crippen LogP contribution is 2.14. The molecule has 0 amide bonds. The van der Waals surface area contributed by atoms with Crippen molar-refractivity contribution in [3.63, 3.8) is 0 Å². The Morgan fingerprint density at radius 1 is 0.500 bits per heavy atom. The molecule has 0 aliphatic rings. The van der Waals surface area contributed by atoms with Gasteiger partial charge in [-0.25, -0.2) is 4.79 Å². The van der Waals surface area contributed by atoms with Gasteiger partial charge in [0.1, 0.15) is 13.2 Å². The van der Waals surface area contributed by atoms with E-state index >= 15 is 0 Å². The molecule has 0 aliphatic carbocycles. The quantitative estimate of drug-likeness (QED) is 0.0212. The fourth-order valence-electron chi connectivity index (χ4n) is 6.48. The van der Waals surface area contributed by atoms with Crippen molar-refractivity contribution in [2.24, 2.45) is 0 Å². The van der Waals surface area contributed by atoms with E-state index in [0.29, 0.717) is 17.4 Å². The second-order valence-electron chi connectivity index (χ2n) is 17.4. The van der Waals surface area contributed by atoms with Gasteiger partial charge in [0.2, 0.25) is 0 Å². The van der Waals surface area contributed by atoms with E-state index in [0.717, 1.165) is 77.0 Å². The Balaban J connectivity index is 4.41. The second kappa shape index (κ2) is 42.9. The molecular weight excluding hydrogens is 755 g/mol. The van der Waals surface area contributed by atoms with Crippen LogP contribution in [0.2, 0.25) is 0 Å². The minimum Gasteiger partial charge on any atom is -0.477 e. The number of hydrogen-bond acceptors (Lipinski definition) is 7. The lowest BCUT2D eigenvalue weighted by Gasteiger charge is -2.25. The van der Waals surface area contributed by atoms with Crippen LogP contribution < -0.4 is 0 Å². The van der Waals surface area contributed by atoms with Crippen molar-refractivity contribution < 1.29 is 42.9 Å². The fourth-order valence-corrected chi connectivity index (χ4v) is 6.48. The third kappa shape index (κ3) is 43.3. The van der Waals surface area contributed by atoms with E-state index in [1.54, 1.807) is 0 Å². The number of quaternary nitrogens is 1. The molecule has 9 nitrogen and oxygen atoms in total. The van der Waals surface area contributed by atoms with E-state index in [-0.39, 0.29) is 38.6 Å². The van der Waals surface area contributed by atoms with E-state index in [1.165, 1.54) is 89.9 Å². The number of carbonyl (C=O) groups excluding carboxylic acids is 2.